The average molecular weight is 208 g/mol. The molecule has 2 atom stereocenters. The van der Waals surface area contributed by atoms with Gasteiger partial charge in [0.05, 0.1) is 17.7 Å². The van der Waals surface area contributed by atoms with Crippen molar-refractivity contribution in [2.45, 2.75) is 39.7 Å². The third kappa shape index (κ3) is 1.44. The van der Waals surface area contributed by atoms with E-state index in [1.54, 1.807) is 0 Å². The van der Waals surface area contributed by atoms with Gasteiger partial charge in [-0.15, -0.1) is 0 Å². The van der Waals surface area contributed by atoms with E-state index in [1.165, 1.54) is 5.56 Å². The molecule has 0 aliphatic heterocycles. The first-order valence-electron chi connectivity index (χ1n) is 5.27. The fraction of sp³-hybridized carbons (Fsp3) is 0.636. The zero-order valence-corrected chi connectivity index (χ0v) is 9.32. The molecule has 0 spiro atoms. The van der Waals surface area contributed by atoms with Crippen LogP contribution in [0.15, 0.2) is 0 Å². The fourth-order valence-corrected chi connectivity index (χ4v) is 2.13. The van der Waals surface area contributed by atoms with E-state index < -0.39 is 5.97 Å². The van der Waals surface area contributed by atoms with Crippen molar-refractivity contribution in [1.82, 2.24) is 9.78 Å². The first-order valence-corrected chi connectivity index (χ1v) is 5.27. The van der Waals surface area contributed by atoms with Crippen molar-refractivity contribution in [3.63, 3.8) is 0 Å². The van der Waals surface area contributed by atoms with Gasteiger partial charge in [-0.05, 0) is 39.2 Å². The molecule has 15 heavy (non-hydrogen) atoms. The Morgan fingerprint density at radius 1 is 1.40 bits per heavy atom. The van der Waals surface area contributed by atoms with E-state index in [2.05, 4.69) is 5.10 Å². The molecule has 1 aromatic heterocycles. The van der Waals surface area contributed by atoms with Gasteiger partial charge in [-0.1, -0.05) is 0 Å². The first-order chi connectivity index (χ1) is 7.02. The van der Waals surface area contributed by atoms with Crippen molar-refractivity contribution in [3.05, 3.63) is 17.0 Å². The van der Waals surface area contributed by atoms with Gasteiger partial charge in [0.1, 0.15) is 0 Å². The van der Waals surface area contributed by atoms with Gasteiger partial charge in [-0.3, -0.25) is 9.48 Å². The Kier molecular flexibility index (Phi) is 2.29. The van der Waals surface area contributed by atoms with E-state index in [-0.39, 0.29) is 12.0 Å². The number of carboxylic acid groups (broad SMARTS) is 1. The summed E-state index contributed by atoms with van der Waals surface area (Å²) in [7, 11) is 0. The van der Waals surface area contributed by atoms with Crippen LogP contribution in [0.25, 0.3) is 0 Å². The van der Waals surface area contributed by atoms with Crippen molar-refractivity contribution in [2.75, 3.05) is 0 Å². The molecule has 1 aliphatic carbocycles. The number of rotatable bonds is 2. The number of carboxylic acids is 1. The largest absolute Gasteiger partial charge is 0.481 e. The summed E-state index contributed by atoms with van der Waals surface area (Å²) in [6.45, 7) is 6.00. The minimum atomic E-state index is -0.698. The zero-order chi connectivity index (χ0) is 11.2. The quantitative estimate of drug-likeness (QED) is 0.806. The van der Waals surface area contributed by atoms with E-state index in [0.717, 1.165) is 24.2 Å². The van der Waals surface area contributed by atoms with Gasteiger partial charge in [0.25, 0.3) is 0 Å². The van der Waals surface area contributed by atoms with E-state index in [9.17, 15) is 4.79 Å². The molecular formula is C11H16N2O2. The standard InChI is InChI=1S/C11H16N2O2/c1-6-7(2)12-13(8(6)3)10-5-4-9(10)11(14)15/h9-10H,4-5H2,1-3H3,(H,14,15). The van der Waals surface area contributed by atoms with E-state index in [1.807, 2.05) is 25.5 Å². The summed E-state index contributed by atoms with van der Waals surface area (Å²) in [6, 6.07) is 0.0647. The Morgan fingerprint density at radius 2 is 2.07 bits per heavy atom. The molecule has 82 valence electrons. The number of hydrogen-bond donors (Lipinski definition) is 1. The highest BCUT2D eigenvalue weighted by Gasteiger charge is 2.39. The van der Waals surface area contributed by atoms with Crippen LogP contribution in [0.3, 0.4) is 0 Å². The smallest absolute Gasteiger partial charge is 0.308 e. The zero-order valence-electron chi connectivity index (χ0n) is 9.32. The molecule has 1 fully saturated rings. The Hall–Kier alpha value is -1.32. The lowest BCUT2D eigenvalue weighted by atomic mass is 9.79. The third-order valence-corrected chi connectivity index (χ3v) is 3.56. The predicted octanol–water partition coefficient (Wildman–Crippen LogP) is 1.84. The van der Waals surface area contributed by atoms with Gasteiger partial charge < -0.3 is 5.11 Å². The SMILES string of the molecule is Cc1nn(C2CCC2C(=O)O)c(C)c1C. The molecule has 4 nitrogen and oxygen atoms in total. The summed E-state index contributed by atoms with van der Waals surface area (Å²) in [6.07, 6.45) is 1.70. The van der Waals surface area contributed by atoms with Crippen molar-refractivity contribution >= 4 is 5.97 Å². The second-order valence-electron chi connectivity index (χ2n) is 4.33. The van der Waals surface area contributed by atoms with Crippen LogP contribution in [0.4, 0.5) is 0 Å². The summed E-state index contributed by atoms with van der Waals surface area (Å²) < 4.78 is 1.90. The van der Waals surface area contributed by atoms with Gasteiger partial charge in [-0.2, -0.15) is 5.10 Å². The maximum atomic E-state index is 10.9. The van der Waals surface area contributed by atoms with Gasteiger partial charge >= 0.3 is 5.97 Å². The average Bonchev–Trinajstić information content (AvgIpc) is 2.31. The summed E-state index contributed by atoms with van der Waals surface area (Å²) in [5.41, 5.74) is 3.28. The Morgan fingerprint density at radius 3 is 2.40 bits per heavy atom. The van der Waals surface area contributed by atoms with Crippen LogP contribution in [-0.4, -0.2) is 20.9 Å². The number of hydrogen-bond acceptors (Lipinski definition) is 2. The number of aromatic nitrogens is 2. The minimum Gasteiger partial charge on any atom is -0.481 e. The van der Waals surface area contributed by atoms with Crippen molar-refractivity contribution in [2.24, 2.45) is 5.92 Å². The summed E-state index contributed by atoms with van der Waals surface area (Å²) in [5.74, 6) is -0.946. The van der Waals surface area contributed by atoms with Crippen LogP contribution in [-0.2, 0) is 4.79 Å². The second kappa shape index (κ2) is 3.36. The predicted molar refractivity (Wildman–Crippen MR) is 55.8 cm³/mol. The van der Waals surface area contributed by atoms with Gasteiger partial charge in [0.15, 0.2) is 0 Å². The highest BCUT2D eigenvalue weighted by Crippen LogP contribution is 2.39. The topological polar surface area (TPSA) is 55.1 Å². The number of aliphatic carboxylic acids is 1. The van der Waals surface area contributed by atoms with E-state index in [0.29, 0.717) is 0 Å². The summed E-state index contributed by atoms with van der Waals surface area (Å²) in [5, 5.41) is 13.4. The molecule has 0 amide bonds. The molecule has 1 N–H and O–H groups in total. The van der Waals surface area contributed by atoms with Gasteiger partial charge in [0, 0.05) is 5.69 Å². The van der Waals surface area contributed by atoms with Crippen LogP contribution in [0.1, 0.15) is 35.8 Å². The van der Waals surface area contributed by atoms with Crippen LogP contribution >= 0.6 is 0 Å². The van der Waals surface area contributed by atoms with Crippen molar-refractivity contribution in [3.8, 4) is 0 Å². The molecule has 0 bridgehead atoms. The van der Waals surface area contributed by atoms with Crippen LogP contribution in [0, 0.1) is 26.7 Å². The highest BCUT2D eigenvalue weighted by atomic mass is 16.4. The Labute approximate surface area is 88.9 Å². The Balaban J connectivity index is 2.31. The molecule has 0 aromatic carbocycles. The Bertz CT molecular complexity index is 409. The van der Waals surface area contributed by atoms with E-state index >= 15 is 0 Å². The minimum absolute atomic E-state index is 0.0647. The molecule has 0 radical (unpaired) electrons. The summed E-state index contributed by atoms with van der Waals surface area (Å²) in [4.78, 5) is 10.9. The molecule has 0 saturated heterocycles. The fourth-order valence-electron chi connectivity index (χ4n) is 2.13. The highest BCUT2D eigenvalue weighted by molar-refractivity contribution is 5.71. The monoisotopic (exact) mass is 208 g/mol. The molecule has 1 heterocycles. The van der Waals surface area contributed by atoms with Crippen molar-refractivity contribution < 1.29 is 9.90 Å². The number of carbonyl (C=O) groups is 1. The molecule has 1 aliphatic rings. The lowest BCUT2D eigenvalue weighted by Crippen LogP contribution is -2.36. The van der Waals surface area contributed by atoms with E-state index in [4.69, 9.17) is 5.11 Å². The van der Waals surface area contributed by atoms with Crippen molar-refractivity contribution in [1.29, 1.82) is 0 Å². The lowest BCUT2D eigenvalue weighted by Gasteiger charge is -2.34. The normalized spacial score (nSPS) is 25.0. The van der Waals surface area contributed by atoms with Crippen LogP contribution in [0.2, 0.25) is 0 Å². The first kappa shape index (κ1) is 10.2. The number of nitrogens with zero attached hydrogens (tertiary/aromatic N) is 2. The third-order valence-electron chi connectivity index (χ3n) is 3.56. The maximum Gasteiger partial charge on any atom is 0.308 e. The van der Waals surface area contributed by atoms with Gasteiger partial charge in [0.2, 0.25) is 0 Å². The maximum absolute atomic E-state index is 10.9. The number of aryl methyl sites for hydroxylation is 1. The molecule has 2 unspecified atom stereocenters. The molecule has 2 rings (SSSR count). The molecule has 1 saturated carbocycles. The molecule has 4 heteroatoms. The lowest BCUT2D eigenvalue weighted by molar-refractivity contribution is -0.147. The van der Waals surface area contributed by atoms with Crippen LogP contribution in [0.5, 0.6) is 0 Å². The molecular weight excluding hydrogens is 192 g/mol. The summed E-state index contributed by atoms with van der Waals surface area (Å²) >= 11 is 0. The van der Waals surface area contributed by atoms with Gasteiger partial charge in [-0.25, -0.2) is 0 Å². The molecule has 1 aromatic rings. The second-order valence-corrected chi connectivity index (χ2v) is 4.33. The van der Waals surface area contributed by atoms with Crippen LogP contribution < -0.4 is 0 Å².